The third-order valence-corrected chi connectivity index (χ3v) is 3.47. The van der Waals surface area contributed by atoms with Crippen LogP contribution >= 0.6 is 15.9 Å². The van der Waals surface area contributed by atoms with Crippen LogP contribution in [0.25, 0.3) is 0 Å². The maximum absolute atomic E-state index is 12.3. The number of hydrogen-bond donors (Lipinski definition) is 1. The molecule has 0 unspecified atom stereocenters. The van der Waals surface area contributed by atoms with Crippen LogP contribution in [0, 0.1) is 0 Å². The maximum Gasteiger partial charge on any atom is 0.303 e. The van der Waals surface area contributed by atoms with E-state index in [1.165, 1.54) is 0 Å². The van der Waals surface area contributed by atoms with Crippen LogP contribution in [0.15, 0.2) is 28.7 Å². The third-order valence-electron chi connectivity index (χ3n) is 2.98. The Kier molecular flexibility index (Phi) is 6.71. The van der Waals surface area contributed by atoms with Crippen molar-refractivity contribution in [3.63, 3.8) is 0 Å². The van der Waals surface area contributed by atoms with Crippen LogP contribution in [0.5, 0.6) is 0 Å². The number of carboxylic acids is 1. The highest BCUT2D eigenvalue weighted by molar-refractivity contribution is 9.10. The van der Waals surface area contributed by atoms with Gasteiger partial charge in [0.05, 0.1) is 6.42 Å². The van der Waals surface area contributed by atoms with E-state index in [9.17, 15) is 9.59 Å². The zero-order chi connectivity index (χ0) is 15.1. The van der Waals surface area contributed by atoms with Crippen molar-refractivity contribution in [2.45, 2.75) is 39.2 Å². The molecule has 0 radical (unpaired) electrons. The summed E-state index contributed by atoms with van der Waals surface area (Å²) in [7, 11) is 0. The summed E-state index contributed by atoms with van der Waals surface area (Å²) in [6, 6.07) is 7.73. The van der Waals surface area contributed by atoms with Gasteiger partial charge in [-0.15, -0.1) is 0 Å². The van der Waals surface area contributed by atoms with Crippen LogP contribution in [-0.2, 0) is 16.0 Å². The first kappa shape index (κ1) is 16.7. The Morgan fingerprint density at radius 2 is 2.05 bits per heavy atom. The minimum Gasteiger partial charge on any atom is -0.481 e. The molecule has 0 aliphatic carbocycles. The molecule has 20 heavy (non-hydrogen) atoms. The Labute approximate surface area is 127 Å². The molecule has 0 aliphatic heterocycles. The van der Waals surface area contributed by atoms with E-state index < -0.39 is 5.97 Å². The Morgan fingerprint density at radius 3 is 2.60 bits per heavy atom. The minimum atomic E-state index is -0.826. The number of benzene rings is 1. The molecule has 0 aromatic heterocycles. The number of hydrogen-bond acceptors (Lipinski definition) is 2. The fourth-order valence-electron chi connectivity index (χ4n) is 1.99. The zero-order valence-electron chi connectivity index (χ0n) is 11.8. The van der Waals surface area contributed by atoms with E-state index in [4.69, 9.17) is 5.11 Å². The van der Waals surface area contributed by atoms with Crippen molar-refractivity contribution in [3.8, 4) is 0 Å². The predicted molar refractivity (Wildman–Crippen MR) is 81.6 cm³/mol. The molecule has 5 heteroatoms. The molecule has 0 saturated heterocycles. The van der Waals surface area contributed by atoms with Gasteiger partial charge in [-0.3, -0.25) is 9.59 Å². The van der Waals surface area contributed by atoms with Gasteiger partial charge in [-0.05, 0) is 38.0 Å². The van der Waals surface area contributed by atoms with E-state index in [1.54, 1.807) is 4.90 Å². The molecule has 0 heterocycles. The van der Waals surface area contributed by atoms with Crippen LogP contribution in [0.4, 0.5) is 0 Å². The van der Waals surface area contributed by atoms with Gasteiger partial charge >= 0.3 is 5.97 Å². The van der Waals surface area contributed by atoms with Crippen molar-refractivity contribution in [1.82, 2.24) is 4.90 Å². The van der Waals surface area contributed by atoms with Gasteiger partial charge in [0.1, 0.15) is 0 Å². The highest BCUT2D eigenvalue weighted by atomic mass is 79.9. The smallest absolute Gasteiger partial charge is 0.303 e. The number of rotatable bonds is 7. The zero-order valence-corrected chi connectivity index (χ0v) is 13.4. The van der Waals surface area contributed by atoms with Crippen molar-refractivity contribution in [2.24, 2.45) is 0 Å². The van der Waals surface area contributed by atoms with Gasteiger partial charge in [0.2, 0.25) is 5.91 Å². The Morgan fingerprint density at radius 1 is 1.35 bits per heavy atom. The van der Waals surface area contributed by atoms with Gasteiger partial charge in [0.25, 0.3) is 0 Å². The number of halogens is 1. The summed E-state index contributed by atoms with van der Waals surface area (Å²) < 4.78 is 0.949. The monoisotopic (exact) mass is 341 g/mol. The van der Waals surface area contributed by atoms with Crippen molar-refractivity contribution in [2.75, 3.05) is 6.54 Å². The summed E-state index contributed by atoms with van der Waals surface area (Å²) in [5.41, 5.74) is 0.952. The first-order chi connectivity index (χ1) is 9.40. The Hall–Kier alpha value is -1.36. The number of nitrogens with zero attached hydrogens (tertiary/aromatic N) is 1. The Bertz CT molecular complexity index is 474. The molecular weight excluding hydrogens is 322 g/mol. The van der Waals surface area contributed by atoms with Crippen molar-refractivity contribution >= 4 is 27.8 Å². The van der Waals surface area contributed by atoms with Crippen LogP contribution in [0.3, 0.4) is 0 Å². The molecule has 0 spiro atoms. The van der Waals surface area contributed by atoms with Gasteiger partial charge in [-0.2, -0.15) is 0 Å². The average molecular weight is 342 g/mol. The van der Waals surface area contributed by atoms with Crippen LogP contribution in [0.1, 0.15) is 32.3 Å². The summed E-state index contributed by atoms with van der Waals surface area (Å²) in [5, 5.41) is 8.66. The van der Waals surface area contributed by atoms with E-state index in [0.29, 0.717) is 19.4 Å². The van der Waals surface area contributed by atoms with Gasteiger partial charge in [0, 0.05) is 23.5 Å². The lowest BCUT2D eigenvalue weighted by Gasteiger charge is -2.26. The lowest BCUT2D eigenvalue weighted by atomic mass is 10.1. The molecule has 1 rings (SSSR count). The number of carboxylic acid groups (broad SMARTS) is 1. The summed E-state index contributed by atoms with van der Waals surface area (Å²) in [4.78, 5) is 24.6. The molecule has 1 amide bonds. The molecule has 4 nitrogen and oxygen atoms in total. The fourth-order valence-corrected chi connectivity index (χ4v) is 2.44. The second-order valence-corrected chi connectivity index (χ2v) is 5.90. The van der Waals surface area contributed by atoms with Crippen molar-refractivity contribution < 1.29 is 14.7 Å². The van der Waals surface area contributed by atoms with Gasteiger partial charge < -0.3 is 10.0 Å². The van der Waals surface area contributed by atoms with Gasteiger partial charge in [0.15, 0.2) is 0 Å². The number of carbonyl (C=O) groups excluding carboxylic acids is 1. The SMILES string of the molecule is CC(C)N(CCCC(=O)O)C(=O)Cc1cccc(Br)c1. The molecule has 1 aromatic carbocycles. The minimum absolute atomic E-state index is 0.0310. The van der Waals surface area contributed by atoms with Gasteiger partial charge in [-0.25, -0.2) is 0 Å². The second-order valence-electron chi connectivity index (χ2n) is 4.98. The molecule has 0 fully saturated rings. The number of carbonyl (C=O) groups is 2. The predicted octanol–water partition coefficient (Wildman–Crippen LogP) is 3.09. The molecular formula is C15H20BrNO3. The highest BCUT2D eigenvalue weighted by Crippen LogP contribution is 2.14. The van der Waals surface area contributed by atoms with Crippen LogP contribution in [-0.4, -0.2) is 34.5 Å². The largest absolute Gasteiger partial charge is 0.481 e. The number of amides is 1. The average Bonchev–Trinajstić information content (AvgIpc) is 2.33. The lowest BCUT2D eigenvalue weighted by molar-refractivity contribution is -0.138. The quantitative estimate of drug-likeness (QED) is 0.828. The van der Waals surface area contributed by atoms with Crippen LogP contribution < -0.4 is 0 Å². The first-order valence-corrected chi connectivity index (χ1v) is 7.45. The topological polar surface area (TPSA) is 57.6 Å². The van der Waals surface area contributed by atoms with E-state index in [-0.39, 0.29) is 18.4 Å². The standard InChI is InChI=1S/C15H20BrNO3/c1-11(2)17(8-4-7-15(19)20)14(18)10-12-5-3-6-13(16)9-12/h3,5-6,9,11H,4,7-8,10H2,1-2H3,(H,19,20). The maximum atomic E-state index is 12.3. The fraction of sp³-hybridized carbons (Fsp3) is 0.467. The molecule has 1 N–H and O–H groups in total. The molecule has 0 saturated carbocycles. The Balaban J connectivity index is 2.62. The molecule has 0 bridgehead atoms. The first-order valence-electron chi connectivity index (χ1n) is 6.66. The summed E-state index contributed by atoms with van der Waals surface area (Å²) in [6.07, 6.45) is 0.913. The third kappa shape index (κ3) is 5.74. The summed E-state index contributed by atoms with van der Waals surface area (Å²) >= 11 is 3.39. The molecule has 0 atom stereocenters. The van der Waals surface area contributed by atoms with Crippen molar-refractivity contribution in [1.29, 1.82) is 0 Å². The lowest BCUT2D eigenvalue weighted by Crippen LogP contribution is -2.38. The summed E-state index contributed by atoms with van der Waals surface area (Å²) in [5.74, 6) is -0.795. The normalized spacial score (nSPS) is 10.6. The van der Waals surface area contributed by atoms with E-state index in [1.807, 2.05) is 38.1 Å². The van der Waals surface area contributed by atoms with E-state index >= 15 is 0 Å². The molecule has 1 aromatic rings. The van der Waals surface area contributed by atoms with Gasteiger partial charge in [-0.1, -0.05) is 28.1 Å². The van der Waals surface area contributed by atoms with E-state index in [0.717, 1.165) is 10.0 Å². The molecule has 0 aliphatic rings. The molecule has 110 valence electrons. The van der Waals surface area contributed by atoms with Crippen molar-refractivity contribution in [3.05, 3.63) is 34.3 Å². The van der Waals surface area contributed by atoms with E-state index in [2.05, 4.69) is 15.9 Å². The summed E-state index contributed by atoms with van der Waals surface area (Å²) in [6.45, 7) is 4.37. The van der Waals surface area contributed by atoms with Crippen LogP contribution in [0.2, 0.25) is 0 Å². The highest BCUT2D eigenvalue weighted by Gasteiger charge is 2.17. The second kappa shape index (κ2) is 8.04. The number of aliphatic carboxylic acids is 1.